The molecule has 0 saturated carbocycles. The van der Waals surface area contributed by atoms with Crippen LogP contribution in [0.4, 0.5) is 10.5 Å². The summed E-state index contributed by atoms with van der Waals surface area (Å²) in [5, 5.41) is 13.7. The molecule has 1 aliphatic heterocycles. The SMILES string of the molecule is CC(=O)N1c2ccc(-c3noc(C)n3)cc2[C@H](N(C(=O)O)C(C)C)C[C@@H]1C. The number of aryl methyl sites for hydroxylation is 1. The van der Waals surface area contributed by atoms with E-state index in [0.29, 0.717) is 18.1 Å². The summed E-state index contributed by atoms with van der Waals surface area (Å²) >= 11 is 0. The fourth-order valence-electron chi connectivity index (χ4n) is 3.85. The second-order valence-electron chi connectivity index (χ2n) is 7.18. The molecule has 0 saturated heterocycles. The van der Waals surface area contributed by atoms with Crippen LogP contribution in [0.15, 0.2) is 22.7 Å². The van der Waals surface area contributed by atoms with Gasteiger partial charge in [0.05, 0.1) is 6.04 Å². The number of hydrogen-bond acceptors (Lipinski definition) is 5. The molecule has 8 nitrogen and oxygen atoms in total. The summed E-state index contributed by atoms with van der Waals surface area (Å²) in [5.74, 6) is 0.817. The molecule has 1 aliphatic rings. The quantitative estimate of drug-likeness (QED) is 0.883. The van der Waals surface area contributed by atoms with Gasteiger partial charge in [0.15, 0.2) is 0 Å². The molecule has 1 aromatic heterocycles. The van der Waals surface area contributed by atoms with Gasteiger partial charge in [0.2, 0.25) is 17.6 Å². The summed E-state index contributed by atoms with van der Waals surface area (Å²) in [6.45, 7) is 8.87. The Labute approximate surface area is 157 Å². The van der Waals surface area contributed by atoms with Crippen LogP contribution in [0.25, 0.3) is 11.4 Å². The van der Waals surface area contributed by atoms with Crippen LogP contribution in [0, 0.1) is 6.92 Å². The number of rotatable bonds is 3. The Balaban J connectivity index is 2.17. The molecule has 3 rings (SSSR count). The number of nitrogens with zero attached hydrogens (tertiary/aromatic N) is 4. The second kappa shape index (κ2) is 7.02. The molecule has 2 heterocycles. The topological polar surface area (TPSA) is 99.8 Å². The van der Waals surface area contributed by atoms with Gasteiger partial charge in [0.1, 0.15) is 0 Å². The zero-order valence-electron chi connectivity index (χ0n) is 16.1. The molecule has 0 fully saturated rings. The third-order valence-corrected chi connectivity index (χ3v) is 4.89. The monoisotopic (exact) mass is 372 g/mol. The number of hydrogen-bond donors (Lipinski definition) is 1. The fourth-order valence-corrected chi connectivity index (χ4v) is 3.85. The molecule has 1 N–H and O–H groups in total. The second-order valence-corrected chi connectivity index (χ2v) is 7.18. The van der Waals surface area contributed by atoms with Gasteiger partial charge in [0, 0.05) is 37.2 Å². The molecule has 2 amide bonds. The van der Waals surface area contributed by atoms with Crippen molar-refractivity contribution in [1.29, 1.82) is 0 Å². The Morgan fingerprint density at radius 3 is 2.59 bits per heavy atom. The first-order chi connectivity index (χ1) is 12.7. The number of benzene rings is 1. The van der Waals surface area contributed by atoms with Crippen molar-refractivity contribution < 1.29 is 19.2 Å². The minimum absolute atomic E-state index is 0.0724. The zero-order valence-corrected chi connectivity index (χ0v) is 16.1. The van der Waals surface area contributed by atoms with E-state index in [1.54, 1.807) is 11.8 Å². The van der Waals surface area contributed by atoms with Crippen LogP contribution < -0.4 is 4.90 Å². The molecule has 144 valence electrons. The van der Waals surface area contributed by atoms with E-state index in [4.69, 9.17) is 4.52 Å². The minimum Gasteiger partial charge on any atom is -0.465 e. The van der Waals surface area contributed by atoms with Gasteiger partial charge in [-0.1, -0.05) is 5.16 Å². The molecule has 2 atom stereocenters. The average Bonchev–Trinajstić information content (AvgIpc) is 3.00. The van der Waals surface area contributed by atoms with Crippen molar-refractivity contribution in [1.82, 2.24) is 15.0 Å². The highest BCUT2D eigenvalue weighted by molar-refractivity contribution is 5.94. The molecule has 0 unspecified atom stereocenters. The van der Waals surface area contributed by atoms with Crippen LogP contribution in [0.3, 0.4) is 0 Å². The molecule has 8 heteroatoms. The van der Waals surface area contributed by atoms with Gasteiger partial charge in [-0.2, -0.15) is 4.98 Å². The van der Waals surface area contributed by atoms with E-state index in [1.807, 2.05) is 39.0 Å². The standard InChI is InChI=1S/C19H24N4O4/c1-10(2)22(19(25)26)17-8-11(3)23(13(5)24)16-7-6-14(9-15(16)17)18-20-12(4)27-21-18/h6-7,9-11,17H,8H2,1-5H3,(H,25,26)/t11-,17+/m0/s1. The summed E-state index contributed by atoms with van der Waals surface area (Å²) < 4.78 is 5.06. The lowest BCUT2D eigenvalue weighted by Crippen LogP contribution is -2.48. The number of anilines is 1. The fraction of sp³-hybridized carbons (Fsp3) is 0.474. The molecule has 0 aliphatic carbocycles. The van der Waals surface area contributed by atoms with Crippen molar-refractivity contribution in [3.05, 3.63) is 29.7 Å². The maximum absolute atomic E-state index is 12.2. The van der Waals surface area contributed by atoms with Gasteiger partial charge in [-0.3, -0.25) is 9.69 Å². The smallest absolute Gasteiger partial charge is 0.408 e. The lowest BCUT2D eigenvalue weighted by atomic mass is 9.88. The van der Waals surface area contributed by atoms with Crippen LogP contribution in [0.1, 0.15) is 51.6 Å². The predicted octanol–water partition coefficient (Wildman–Crippen LogP) is 3.62. The first kappa shape index (κ1) is 18.9. The van der Waals surface area contributed by atoms with E-state index in [0.717, 1.165) is 16.8 Å². The number of aromatic nitrogens is 2. The van der Waals surface area contributed by atoms with Gasteiger partial charge in [-0.15, -0.1) is 0 Å². The van der Waals surface area contributed by atoms with E-state index >= 15 is 0 Å². The lowest BCUT2D eigenvalue weighted by Gasteiger charge is -2.43. The van der Waals surface area contributed by atoms with E-state index < -0.39 is 6.09 Å². The maximum Gasteiger partial charge on any atom is 0.408 e. The van der Waals surface area contributed by atoms with Gasteiger partial charge >= 0.3 is 6.09 Å². The summed E-state index contributed by atoms with van der Waals surface area (Å²) in [4.78, 5) is 31.6. The molecule has 27 heavy (non-hydrogen) atoms. The van der Waals surface area contributed by atoms with Gasteiger partial charge in [-0.05, 0) is 51.0 Å². The Morgan fingerprint density at radius 2 is 2.07 bits per heavy atom. The number of carboxylic acid groups (broad SMARTS) is 1. The predicted molar refractivity (Wildman–Crippen MR) is 99.5 cm³/mol. The van der Waals surface area contributed by atoms with Gasteiger partial charge < -0.3 is 14.5 Å². The Kier molecular flexibility index (Phi) is 4.91. The summed E-state index contributed by atoms with van der Waals surface area (Å²) in [6.07, 6.45) is -0.462. The maximum atomic E-state index is 12.2. The van der Waals surface area contributed by atoms with Crippen molar-refractivity contribution >= 4 is 17.7 Å². The average molecular weight is 372 g/mol. The summed E-state index contributed by atoms with van der Waals surface area (Å²) in [6, 6.07) is 4.85. The summed E-state index contributed by atoms with van der Waals surface area (Å²) in [5.41, 5.74) is 2.23. The van der Waals surface area contributed by atoms with Crippen LogP contribution in [0.2, 0.25) is 0 Å². The van der Waals surface area contributed by atoms with Crippen LogP contribution >= 0.6 is 0 Å². The van der Waals surface area contributed by atoms with Gasteiger partial charge in [0.25, 0.3) is 0 Å². The van der Waals surface area contributed by atoms with Crippen molar-refractivity contribution in [2.75, 3.05) is 4.90 Å². The van der Waals surface area contributed by atoms with Crippen LogP contribution in [-0.2, 0) is 4.79 Å². The molecule has 1 aromatic carbocycles. The van der Waals surface area contributed by atoms with E-state index in [-0.39, 0.29) is 24.0 Å². The van der Waals surface area contributed by atoms with Gasteiger partial charge in [-0.25, -0.2) is 4.79 Å². The largest absolute Gasteiger partial charge is 0.465 e. The van der Waals surface area contributed by atoms with Crippen LogP contribution in [-0.4, -0.2) is 44.2 Å². The zero-order chi connectivity index (χ0) is 19.9. The highest BCUT2D eigenvalue weighted by Gasteiger charge is 2.38. The van der Waals surface area contributed by atoms with E-state index in [9.17, 15) is 14.7 Å². The molecule has 0 radical (unpaired) electrons. The third kappa shape index (κ3) is 3.39. The normalized spacial score (nSPS) is 19.1. The minimum atomic E-state index is -0.981. The van der Waals surface area contributed by atoms with E-state index in [1.165, 1.54) is 11.8 Å². The highest BCUT2D eigenvalue weighted by Crippen LogP contribution is 2.42. The molecule has 0 bridgehead atoms. The first-order valence-electron chi connectivity index (χ1n) is 8.96. The number of amides is 2. The van der Waals surface area contributed by atoms with Crippen molar-refractivity contribution in [3.63, 3.8) is 0 Å². The van der Waals surface area contributed by atoms with Crippen LogP contribution in [0.5, 0.6) is 0 Å². The Bertz CT molecular complexity index is 876. The van der Waals surface area contributed by atoms with Crippen molar-refractivity contribution in [2.24, 2.45) is 0 Å². The lowest BCUT2D eigenvalue weighted by molar-refractivity contribution is -0.117. The number of carbonyl (C=O) groups excluding carboxylic acids is 1. The number of carbonyl (C=O) groups is 2. The molecular weight excluding hydrogens is 348 g/mol. The molecule has 0 spiro atoms. The summed E-state index contributed by atoms with van der Waals surface area (Å²) in [7, 11) is 0. The first-order valence-corrected chi connectivity index (χ1v) is 8.96. The Hall–Kier alpha value is -2.90. The number of fused-ring (bicyclic) bond motifs is 1. The van der Waals surface area contributed by atoms with E-state index in [2.05, 4.69) is 10.1 Å². The van der Waals surface area contributed by atoms with Crippen molar-refractivity contribution in [3.8, 4) is 11.4 Å². The third-order valence-electron chi connectivity index (χ3n) is 4.89. The Morgan fingerprint density at radius 1 is 1.37 bits per heavy atom. The molecule has 2 aromatic rings. The molecular formula is C19H24N4O4. The highest BCUT2D eigenvalue weighted by atomic mass is 16.5. The van der Waals surface area contributed by atoms with Crippen molar-refractivity contribution in [2.45, 2.75) is 59.2 Å².